The first-order valence-corrected chi connectivity index (χ1v) is 8.62. The van der Waals surface area contributed by atoms with Crippen LogP contribution in [-0.4, -0.2) is 53.3 Å². The van der Waals surface area contributed by atoms with Gasteiger partial charge in [0, 0.05) is 37.4 Å². The van der Waals surface area contributed by atoms with Crippen LogP contribution in [0.15, 0.2) is 31.0 Å². The maximum atomic E-state index is 13.0. The van der Waals surface area contributed by atoms with Crippen molar-refractivity contribution < 1.29 is 4.79 Å². The Bertz CT molecular complexity index is 897. The van der Waals surface area contributed by atoms with Crippen LogP contribution in [0.3, 0.4) is 0 Å². The van der Waals surface area contributed by atoms with Crippen LogP contribution < -0.4 is 0 Å². The third kappa shape index (κ3) is 2.77. The first-order valence-electron chi connectivity index (χ1n) is 8.62. The summed E-state index contributed by atoms with van der Waals surface area (Å²) in [5.41, 5.74) is 1.14. The molecule has 4 rings (SSSR count). The molecule has 1 fully saturated rings. The summed E-state index contributed by atoms with van der Waals surface area (Å²) in [5.74, 6) is 1.15. The molecule has 3 aromatic rings. The molecule has 0 N–H and O–H groups in total. The average molecular weight is 339 g/mol. The largest absolute Gasteiger partial charge is 0.338 e. The summed E-state index contributed by atoms with van der Waals surface area (Å²) >= 11 is 0. The molecule has 1 amide bonds. The lowest BCUT2D eigenvalue weighted by Crippen LogP contribution is -2.39. The molecule has 3 aromatic heterocycles. The fourth-order valence-corrected chi connectivity index (χ4v) is 3.46. The number of fused-ring (bicyclic) bond motifs is 1. The molecule has 1 unspecified atom stereocenters. The summed E-state index contributed by atoms with van der Waals surface area (Å²) in [5, 5.41) is 12.6. The number of hydrogen-bond donors (Lipinski definition) is 0. The molecule has 1 atom stereocenters. The van der Waals surface area contributed by atoms with E-state index < -0.39 is 0 Å². The van der Waals surface area contributed by atoms with Crippen LogP contribution >= 0.6 is 0 Å². The molecule has 4 heterocycles. The first kappa shape index (κ1) is 15.7. The fourth-order valence-electron chi connectivity index (χ4n) is 3.46. The minimum absolute atomic E-state index is 0.0194. The van der Waals surface area contributed by atoms with Crippen molar-refractivity contribution in [1.29, 1.82) is 0 Å². The third-order valence-electron chi connectivity index (χ3n) is 4.74. The topological polar surface area (TPSA) is 81.2 Å². The van der Waals surface area contributed by atoms with Gasteiger partial charge in [0.2, 0.25) is 0 Å². The summed E-state index contributed by atoms with van der Waals surface area (Å²) in [6, 6.07) is 2.10. The molecular formula is C17H21N7O. The Morgan fingerprint density at radius 3 is 3.08 bits per heavy atom. The van der Waals surface area contributed by atoms with Crippen molar-refractivity contribution in [1.82, 2.24) is 34.3 Å². The molecule has 0 aliphatic carbocycles. The number of rotatable bonds is 3. The van der Waals surface area contributed by atoms with Crippen LogP contribution in [0.25, 0.3) is 5.65 Å². The van der Waals surface area contributed by atoms with Crippen LogP contribution in [-0.2, 0) is 0 Å². The zero-order valence-electron chi connectivity index (χ0n) is 14.4. The van der Waals surface area contributed by atoms with Gasteiger partial charge in [-0.15, -0.1) is 10.2 Å². The van der Waals surface area contributed by atoms with Gasteiger partial charge in [0.15, 0.2) is 5.65 Å². The molecule has 8 nitrogen and oxygen atoms in total. The summed E-state index contributed by atoms with van der Waals surface area (Å²) in [7, 11) is 0. The van der Waals surface area contributed by atoms with Crippen molar-refractivity contribution in [2.45, 2.75) is 38.6 Å². The molecule has 0 aromatic carbocycles. The molecular weight excluding hydrogens is 318 g/mol. The van der Waals surface area contributed by atoms with E-state index in [0.717, 1.165) is 25.2 Å². The number of likely N-dealkylation sites (tertiary alicyclic amines) is 1. The highest BCUT2D eigenvalue weighted by atomic mass is 16.2. The lowest BCUT2D eigenvalue weighted by Gasteiger charge is -2.32. The summed E-state index contributed by atoms with van der Waals surface area (Å²) in [6.07, 6.45) is 8.82. The highest BCUT2D eigenvalue weighted by Crippen LogP contribution is 2.28. The van der Waals surface area contributed by atoms with Crippen molar-refractivity contribution in [2.24, 2.45) is 0 Å². The van der Waals surface area contributed by atoms with Crippen LogP contribution in [0, 0.1) is 0 Å². The van der Waals surface area contributed by atoms with Gasteiger partial charge in [-0.25, -0.2) is 9.50 Å². The van der Waals surface area contributed by atoms with Crippen LogP contribution in [0.1, 0.15) is 54.8 Å². The Kier molecular flexibility index (Phi) is 3.95. The Morgan fingerprint density at radius 2 is 2.24 bits per heavy atom. The molecule has 8 heteroatoms. The second kappa shape index (κ2) is 6.27. The summed E-state index contributed by atoms with van der Waals surface area (Å²) in [6.45, 7) is 5.62. The van der Waals surface area contributed by atoms with Gasteiger partial charge in [-0.3, -0.25) is 4.79 Å². The maximum absolute atomic E-state index is 13.0. The number of carbonyl (C=O) groups excluding carboxylic acids is 1. The average Bonchev–Trinajstić information content (AvgIpc) is 3.28. The van der Waals surface area contributed by atoms with E-state index >= 15 is 0 Å². The fraction of sp³-hybridized carbons (Fsp3) is 0.471. The predicted molar refractivity (Wildman–Crippen MR) is 91.3 cm³/mol. The maximum Gasteiger partial charge on any atom is 0.259 e. The summed E-state index contributed by atoms with van der Waals surface area (Å²) in [4.78, 5) is 19.2. The number of aromatic nitrogens is 6. The van der Waals surface area contributed by atoms with Crippen molar-refractivity contribution in [3.63, 3.8) is 0 Å². The number of nitrogens with zero attached hydrogens (tertiary/aromatic N) is 7. The molecule has 0 radical (unpaired) electrons. The van der Waals surface area contributed by atoms with Crippen molar-refractivity contribution in [3.8, 4) is 0 Å². The number of hydrogen-bond acceptors (Lipinski definition) is 5. The second-order valence-electron chi connectivity index (χ2n) is 6.73. The molecule has 0 bridgehead atoms. The zero-order valence-corrected chi connectivity index (χ0v) is 14.4. The Morgan fingerprint density at radius 1 is 1.36 bits per heavy atom. The Labute approximate surface area is 145 Å². The highest BCUT2D eigenvalue weighted by Gasteiger charge is 2.30. The minimum atomic E-state index is -0.0194. The molecule has 25 heavy (non-hydrogen) atoms. The number of piperidine rings is 1. The smallest absolute Gasteiger partial charge is 0.259 e. The number of amides is 1. The van der Waals surface area contributed by atoms with Gasteiger partial charge in [-0.1, -0.05) is 0 Å². The van der Waals surface area contributed by atoms with Crippen LogP contribution in [0.5, 0.6) is 0 Å². The molecule has 0 saturated carbocycles. The van der Waals surface area contributed by atoms with Gasteiger partial charge >= 0.3 is 0 Å². The van der Waals surface area contributed by atoms with E-state index in [4.69, 9.17) is 0 Å². The minimum Gasteiger partial charge on any atom is -0.338 e. The second-order valence-corrected chi connectivity index (χ2v) is 6.73. The first-order chi connectivity index (χ1) is 12.1. The highest BCUT2D eigenvalue weighted by molar-refractivity contribution is 5.99. The van der Waals surface area contributed by atoms with E-state index in [-0.39, 0.29) is 11.8 Å². The quantitative estimate of drug-likeness (QED) is 0.728. The van der Waals surface area contributed by atoms with Crippen LogP contribution in [0.4, 0.5) is 0 Å². The van der Waals surface area contributed by atoms with Gasteiger partial charge in [-0.2, -0.15) is 5.10 Å². The van der Waals surface area contributed by atoms with Crippen LogP contribution in [0.2, 0.25) is 0 Å². The Hall–Kier alpha value is -2.77. The van der Waals surface area contributed by atoms with Gasteiger partial charge in [0.05, 0.1) is 6.20 Å². The Balaban J connectivity index is 1.59. The van der Waals surface area contributed by atoms with Gasteiger partial charge in [0.25, 0.3) is 5.91 Å². The van der Waals surface area contributed by atoms with E-state index in [2.05, 4.69) is 38.7 Å². The molecule has 1 saturated heterocycles. The normalized spacial score (nSPS) is 18.2. The number of carbonyl (C=O) groups is 1. The van der Waals surface area contributed by atoms with E-state index in [1.165, 1.54) is 0 Å². The van der Waals surface area contributed by atoms with E-state index in [0.29, 0.717) is 23.8 Å². The summed E-state index contributed by atoms with van der Waals surface area (Å²) < 4.78 is 3.72. The predicted octanol–water partition coefficient (Wildman–Crippen LogP) is 1.92. The molecule has 1 aliphatic heterocycles. The van der Waals surface area contributed by atoms with Gasteiger partial charge < -0.3 is 9.47 Å². The van der Waals surface area contributed by atoms with E-state index in [9.17, 15) is 4.79 Å². The molecule has 1 aliphatic rings. The standard InChI is InChI=1S/C17H21N7O/c1-12(2)23-11-19-21-15(23)13-5-3-7-22(10-13)17(25)14-9-20-24-8-4-6-18-16(14)24/h4,6,8-9,11-13H,3,5,7,10H2,1-2H3. The van der Waals surface area contributed by atoms with Gasteiger partial charge in [-0.05, 0) is 32.8 Å². The SMILES string of the molecule is CC(C)n1cnnc1C1CCCN(C(=O)c2cnn3cccnc23)C1. The van der Waals surface area contributed by atoms with E-state index in [1.807, 2.05) is 4.90 Å². The van der Waals surface area contributed by atoms with Crippen molar-refractivity contribution >= 4 is 11.6 Å². The molecule has 130 valence electrons. The van der Waals surface area contributed by atoms with Crippen molar-refractivity contribution in [2.75, 3.05) is 13.1 Å². The van der Waals surface area contributed by atoms with Crippen molar-refractivity contribution in [3.05, 3.63) is 42.4 Å². The third-order valence-corrected chi connectivity index (χ3v) is 4.74. The zero-order chi connectivity index (χ0) is 17.4. The van der Waals surface area contributed by atoms with E-state index in [1.54, 1.807) is 35.5 Å². The lowest BCUT2D eigenvalue weighted by molar-refractivity contribution is 0.0704. The molecule has 0 spiro atoms. The monoisotopic (exact) mass is 339 g/mol. The lowest BCUT2D eigenvalue weighted by atomic mass is 9.96. The van der Waals surface area contributed by atoms with Gasteiger partial charge in [0.1, 0.15) is 17.7 Å².